The van der Waals surface area contributed by atoms with Crippen molar-refractivity contribution >= 4 is 5.97 Å². The van der Waals surface area contributed by atoms with Gasteiger partial charge in [-0.05, 0) is 24.1 Å². The van der Waals surface area contributed by atoms with E-state index in [0.29, 0.717) is 5.56 Å². The first-order valence-corrected chi connectivity index (χ1v) is 4.83. The molecule has 1 atom stereocenters. The maximum Gasteiger partial charge on any atom is 0.416 e. The summed E-state index contributed by atoms with van der Waals surface area (Å²) >= 11 is 0. The molecule has 0 aliphatic heterocycles. The minimum Gasteiger partial charge on any atom is -0.255 e. The Hall–Kier alpha value is -1.59. The number of hydrogen-bond donors (Lipinski definition) is 0. The van der Waals surface area contributed by atoms with Gasteiger partial charge in [0.1, 0.15) is 0 Å². The molecule has 0 aliphatic rings. The lowest BCUT2D eigenvalue weighted by molar-refractivity contribution is -0.188. The van der Waals surface area contributed by atoms with Crippen LogP contribution in [0.4, 0.5) is 17.7 Å². The number of carbonyl (C=O) groups excluding carboxylic acids is 1. The zero-order valence-corrected chi connectivity index (χ0v) is 8.92. The normalized spacial score (nSPS) is 13.2. The molecule has 0 spiro atoms. The highest BCUT2D eigenvalue weighted by atomic mass is 19.4. The molecule has 0 saturated heterocycles. The predicted octanol–water partition coefficient (Wildman–Crippen LogP) is 3.31. The fourth-order valence-electron chi connectivity index (χ4n) is 1.34. The Balaban J connectivity index is 2.72. The van der Waals surface area contributed by atoms with Gasteiger partial charge in [-0.25, -0.2) is 4.79 Å². The Bertz CT molecular complexity index is 383. The van der Waals surface area contributed by atoms with E-state index in [1.165, 1.54) is 19.1 Å². The van der Waals surface area contributed by atoms with E-state index in [1.807, 2.05) is 0 Å². The summed E-state index contributed by atoms with van der Waals surface area (Å²) in [5.41, 5.74) is -0.252. The van der Waals surface area contributed by atoms with Crippen molar-refractivity contribution in [1.29, 1.82) is 0 Å². The summed E-state index contributed by atoms with van der Waals surface area (Å²) in [6, 6.07) is 4.35. The van der Waals surface area contributed by atoms with Crippen LogP contribution in [0, 0.1) is 5.92 Å². The molecule has 1 rings (SSSR count). The van der Waals surface area contributed by atoms with Crippen LogP contribution in [0.2, 0.25) is 0 Å². The monoisotopic (exact) mass is 250 g/mol. The van der Waals surface area contributed by atoms with Crippen molar-refractivity contribution in [3.8, 4) is 0 Å². The highest BCUT2D eigenvalue weighted by Gasteiger charge is 2.30. The molecule has 1 aromatic carbocycles. The van der Waals surface area contributed by atoms with Crippen LogP contribution in [-0.4, -0.2) is 5.97 Å². The standard InChI is InChI=1S/C11H10F4O2/c1-7(10(16)17-15)6-8-2-4-9(5-3-8)11(12,13)14/h2-5,7H,6H2,1H3. The van der Waals surface area contributed by atoms with E-state index in [1.54, 1.807) is 0 Å². The average molecular weight is 250 g/mol. The summed E-state index contributed by atoms with van der Waals surface area (Å²) < 4.78 is 48.3. The predicted molar refractivity (Wildman–Crippen MR) is 51.5 cm³/mol. The highest BCUT2D eigenvalue weighted by Crippen LogP contribution is 2.29. The first kappa shape index (κ1) is 13.5. The Morgan fingerprint density at radius 2 is 1.82 bits per heavy atom. The lowest BCUT2D eigenvalue weighted by Gasteiger charge is -2.09. The average Bonchev–Trinajstić information content (AvgIpc) is 2.27. The summed E-state index contributed by atoms with van der Waals surface area (Å²) in [6.07, 6.45) is -4.26. The molecule has 0 heterocycles. The summed E-state index contributed by atoms with van der Waals surface area (Å²) in [4.78, 5) is 13.8. The van der Waals surface area contributed by atoms with Gasteiger partial charge in [0.25, 0.3) is 0 Å². The zero-order valence-electron chi connectivity index (χ0n) is 8.92. The minimum absolute atomic E-state index is 0.126. The second-order valence-electron chi connectivity index (χ2n) is 3.70. The van der Waals surface area contributed by atoms with Gasteiger partial charge in [0, 0.05) is 4.53 Å². The van der Waals surface area contributed by atoms with E-state index >= 15 is 0 Å². The molecule has 0 amide bonds. The first-order valence-electron chi connectivity index (χ1n) is 4.83. The first-order chi connectivity index (χ1) is 7.84. The van der Waals surface area contributed by atoms with Crippen LogP contribution >= 0.6 is 0 Å². The van der Waals surface area contributed by atoms with Crippen molar-refractivity contribution in [2.75, 3.05) is 0 Å². The molecule has 1 unspecified atom stereocenters. The third-order valence-corrected chi connectivity index (χ3v) is 2.30. The molecular weight excluding hydrogens is 240 g/mol. The Morgan fingerprint density at radius 3 is 2.24 bits per heavy atom. The molecule has 0 saturated carbocycles. The molecule has 94 valence electrons. The van der Waals surface area contributed by atoms with Crippen LogP contribution in [0.1, 0.15) is 18.1 Å². The highest BCUT2D eigenvalue weighted by molar-refractivity contribution is 5.71. The SMILES string of the molecule is CC(Cc1ccc(C(F)(F)F)cc1)C(=O)OF. The van der Waals surface area contributed by atoms with Gasteiger partial charge in [-0.1, -0.05) is 19.1 Å². The zero-order chi connectivity index (χ0) is 13.1. The quantitative estimate of drug-likeness (QED) is 0.769. The van der Waals surface area contributed by atoms with Crippen molar-refractivity contribution in [2.45, 2.75) is 19.5 Å². The molecular formula is C11H10F4O2. The van der Waals surface area contributed by atoms with Crippen molar-refractivity contribution in [2.24, 2.45) is 5.92 Å². The van der Waals surface area contributed by atoms with Crippen molar-refractivity contribution in [1.82, 2.24) is 0 Å². The second-order valence-corrected chi connectivity index (χ2v) is 3.70. The summed E-state index contributed by atoms with van der Waals surface area (Å²) in [6.45, 7) is 1.43. The van der Waals surface area contributed by atoms with Crippen LogP contribution in [0.3, 0.4) is 0 Å². The molecule has 0 N–H and O–H groups in total. The maximum atomic E-state index is 12.2. The number of benzene rings is 1. The molecule has 1 aromatic rings. The molecule has 0 radical (unpaired) electrons. The number of carbonyl (C=O) groups is 1. The molecule has 2 nitrogen and oxygen atoms in total. The third kappa shape index (κ3) is 3.72. The number of hydrogen-bond acceptors (Lipinski definition) is 2. The van der Waals surface area contributed by atoms with Crippen LogP contribution in [0.15, 0.2) is 24.3 Å². The van der Waals surface area contributed by atoms with Gasteiger partial charge in [-0.3, -0.25) is 4.94 Å². The molecule has 0 bridgehead atoms. The molecule has 0 aromatic heterocycles. The number of halogens is 4. The second kappa shape index (κ2) is 5.16. The van der Waals surface area contributed by atoms with Crippen LogP contribution in [0.25, 0.3) is 0 Å². The smallest absolute Gasteiger partial charge is 0.255 e. The van der Waals surface area contributed by atoms with Crippen molar-refractivity contribution in [3.05, 3.63) is 35.4 Å². The van der Waals surface area contributed by atoms with Crippen LogP contribution < -0.4 is 0 Å². The fourth-order valence-corrected chi connectivity index (χ4v) is 1.34. The largest absolute Gasteiger partial charge is 0.416 e. The number of rotatable bonds is 3. The minimum atomic E-state index is -4.39. The van der Waals surface area contributed by atoms with Crippen molar-refractivity contribution < 1.29 is 27.4 Å². The Kier molecular flexibility index (Phi) is 4.09. The van der Waals surface area contributed by atoms with E-state index in [4.69, 9.17) is 0 Å². The van der Waals surface area contributed by atoms with Crippen molar-refractivity contribution in [3.63, 3.8) is 0 Å². The summed E-state index contributed by atoms with van der Waals surface area (Å²) in [5, 5.41) is 0. The van der Waals surface area contributed by atoms with Gasteiger partial charge in [0.05, 0.1) is 11.5 Å². The third-order valence-electron chi connectivity index (χ3n) is 2.30. The van der Waals surface area contributed by atoms with Gasteiger partial charge in [0.15, 0.2) is 0 Å². The topological polar surface area (TPSA) is 26.3 Å². The van der Waals surface area contributed by atoms with Gasteiger partial charge in [-0.15, -0.1) is 0 Å². The van der Waals surface area contributed by atoms with Gasteiger partial charge in [0.2, 0.25) is 0 Å². The molecule has 0 fully saturated rings. The van der Waals surface area contributed by atoms with Gasteiger partial charge < -0.3 is 0 Å². The Labute approximate surface area is 95.1 Å². The summed E-state index contributed by atoms with van der Waals surface area (Å²) in [5.74, 6) is -1.78. The van der Waals surface area contributed by atoms with Crippen LogP contribution in [-0.2, 0) is 22.3 Å². The lowest BCUT2D eigenvalue weighted by atomic mass is 10.0. The maximum absolute atomic E-state index is 12.2. The van der Waals surface area contributed by atoms with Gasteiger partial charge >= 0.3 is 12.1 Å². The van der Waals surface area contributed by atoms with Crippen LogP contribution in [0.5, 0.6) is 0 Å². The van der Waals surface area contributed by atoms with Gasteiger partial charge in [-0.2, -0.15) is 13.2 Å². The van der Waals surface area contributed by atoms with E-state index in [-0.39, 0.29) is 6.42 Å². The Morgan fingerprint density at radius 1 is 1.29 bits per heavy atom. The molecule has 17 heavy (non-hydrogen) atoms. The fraction of sp³-hybridized carbons (Fsp3) is 0.364. The molecule has 0 aliphatic carbocycles. The lowest BCUT2D eigenvalue weighted by Crippen LogP contribution is -2.14. The molecule has 6 heteroatoms. The van der Waals surface area contributed by atoms with E-state index < -0.39 is 23.6 Å². The van der Waals surface area contributed by atoms with E-state index in [0.717, 1.165) is 12.1 Å². The van der Waals surface area contributed by atoms with E-state index in [9.17, 15) is 22.5 Å². The number of alkyl halides is 3. The summed E-state index contributed by atoms with van der Waals surface area (Å²) in [7, 11) is 0. The van der Waals surface area contributed by atoms with E-state index in [2.05, 4.69) is 4.94 Å².